The van der Waals surface area contributed by atoms with E-state index < -0.39 is 40.9 Å². The van der Waals surface area contributed by atoms with Gasteiger partial charge in [-0.05, 0) is 43.9 Å². The monoisotopic (exact) mass is 344 g/mol. The number of hydrogen-bond donors (Lipinski definition) is 2. The summed E-state index contributed by atoms with van der Waals surface area (Å²) in [6.07, 6.45) is -5.52. The predicted molar refractivity (Wildman–Crippen MR) is 69.5 cm³/mol. The number of hydrogen-bond acceptors (Lipinski definition) is 3. The fourth-order valence-corrected chi connectivity index (χ4v) is 5.55. The van der Waals surface area contributed by atoms with Crippen molar-refractivity contribution in [3.05, 3.63) is 0 Å². The van der Waals surface area contributed by atoms with Gasteiger partial charge in [-0.3, -0.25) is 0 Å². The molecule has 0 aromatic carbocycles. The summed E-state index contributed by atoms with van der Waals surface area (Å²) in [5.41, 5.74) is -4.69. The predicted octanol–water partition coefficient (Wildman–Crippen LogP) is 2.95. The van der Waals surface area contributed by atoms with Crippen LogP contribution in [0.2, 0.25) is 0 Å². The van der Waals surface area contributed by atoms with Gasteiger partial charge in [-0.1, -0.05) is 13.8 Å². The van der Waals surface area contributed by atoms with E-state index in [2.05, 4.69) is 4.74 Å². The molecule has 0 amide bonds. The maximum Gasteiger partial charge on any atom is 0.449 e. The summed E-state index contributed by atoms with van der Waals surface area (Å²) in [6.45, 7) is 5.97. The van der Waals surface area contributed by atoms with Gasteiger partial charge in [0.05, 0.1) is 5.60 Å². The molecule has 1 heterocycles. The lowest BCUT2D eigenvalue weighted by Crippen LogP contribution is -2.81. The highest BCUT2D eigenvalue weighted by Gasteiger charge is 2.89. The Balaban J connectivity index is 2.22. The fourth-order valence-electron chi connectivity index (χ4n) is 5.55. The second-order valence-electron chi connectivity index (χ2n) is 7.95. The van der Waals surface area contributed by atoms with Crippen molar-refractivity contribution in [1.29, 1.82) is 0 Å². The van der Waals surface area contributed by atoms with E-state index in [0.29, 0.717) is 0 Å². The minimum atomic E-state index is -5.73. The first kappa shape index (κ1) is 17.4. The van der Waals surface area contributed by atoms with Crippen LogP contribution in [-0.2, 0) is 4.74 Å². The summed E-state index contributed by atoms with van der Waals surface area (Å²) in [7, 11) is 0. The molecule has 23 heavy (non-hydrogen) atoms. The molecule has 7 atom stereocenters. The van der Waals surface area contributed by atoms with Gasteiger partial charge in [0.1, 0.15) is 5.60 Å². The molecule has 3 fully saturated rings. The maximum atomic E-state index is 14.8. The summed E-state index contributed by atoms with van der Waals surface area (Å²) in [5, 5.41) is 20.7. The molecule has 0 aromatic heterocycles. The van der Waals surface area contributed by atoms with Crippen molar-refractivity contribution in [2.75, 3.05) is 0 Å². The first-order chi connectivity index (χ1) is 10.1. The first-order valence-corrected chi connectivity index (χ1v) is 7.72. The third kappa shape index (κ3) is 1.65. The minimum absolute atomic E-state index is 0.0129. The third-order valence-corrected chi connectivity index (χ3v) is 6.61. The van der Waals surface area contributed by atoms with Crippen LogP contribution in [0, 0.1) is 29.6 Å². The quantitative estimate of drug-likeness (QED) is 0.665. The van der Waals surface area contributed by atoms with E-state index in [1.165, 1.54) is 13.8 Å². The van der Waals surface area contributed by atoms with Gasteiger partial charge in [-0.15, -0.1) is 0 Å². The molecule has 0 radical (unpaired) electrons. The molecule has 0 spiro atoms. The van der Waals surface area contributed by atoms with Crippen LogP contribution in [0.15, 0.2) is 0 Å². The molecular formula is C15H21F5O3. The number of fused-ring (bicyclic) bond motifs is 5. The Morgan fingerprint density at radius 1 is 1.04 bits per heavy atom. The lowest BCUT2D eigenvalue weighted by molar-refractivity contribution is -0.512. The largest absolute Gasteiger partial charge is 0.449 e. The fraction of sp³-hybridized carbons (Fsp3) is 1.00. The molecule has 3 aliphatic rings. The van der Waals surface area contributed by atoms with E-state index in [-0.39, 0.29) is 24.2 Å². The second-order valence-corrected chi connectivity index (χ2v) is 7.95. The van der Waals surface area contributed by atoms with Crippen molar-refractivity contribution in [2.24, 2.45) is 29.6 Å². The molecular weight excluding hydrogens is 323 g/mol. The molecule has 2 bridgehead atoms. The van der Waals surface area contributed by atoms with E-state index in [1.807, 2.05) is 6.92 Å². The van der Waals surface area contributed by atoms with Crippen molar-refractivity contribution in [1.82, 2.24) is 0 Å². The Bertz CT molecular complexity index is 534. The smallest absolute Gasteiger partial charge is 0.383 e. The van der Waals surface area contributed by atoms with Gasteiger partial charge in [0.2, 0.25) is 0 Å². The molecule has 1 saturated heterocycles. The number of halogens is 5. The summed E-state index contributed by atoms with van der Waals surface area (Å²) < 4.78 is 74.0. The SMILES string of the molecule is CC1C(C)C2CC1C1C(C)(C)OC(O)(C(F)(F)F)C(F)(F)C21O. The molecule has 2 N–H and O–H groups in total. The zero-order valence-electron chi connectivity index (χ0n) is 13.3. The van der Waals surface area contributed by atoms with Gasteiger partial charge in [0.15, 0.2) is 0 Å². The van der Waals surface area contributed by atoms with Crippen LogP contribution in [0.25, 0.3) is 0 Å². The minimum Gasteiger partial charge on any atom is -0.383 e. The maximum absolute atomic E-state index is 14.8. The number of rotatable bonds is 0. The highest BCUT2D eigenvalue weighted by molar-refractivity contribution is 5.26. The van der Waals surface area contributed by atoms with E-state index in [4.69, 9.17) is 0 Å². The Morgan fingerprint density at radius 2 is 1.57 bits per heavy atom. The van der Waals surface area contributed by atoms with Crippen LogP contribution >= 0.6 is 0 Å². The van der Waals surface area contributed by atoms with Crippen molar-refractivity contribution in [2.45, 2.75) is 63.2 Å². The van der Waals surface area contributed by atoms with Crippen LogP contribution in [0.5, 0.6) is 0 Å². The lowest BCUT2D eigenvalue weighted by Gasteiger charge is -2.61. The van der Waals surface area contributed by atoms with Gasteiger partial charge in [0.25, 0.3) is 0 Å². The molecule has 0 aromatic rings. The van der Waals surface area contributed by atoms with Gasteiger partial charge in [-0.2, -0.15) is 22.0 Å². The van der Waals surface area contributed by atoms with E-state index in [0.717, 1.165) is 0 Å². The Labute approximate surface area is 130 Å². The van der Waals surface area contributed by atoms with E-state index in [1.54, 1.807) is 6.92 Å². The third-order valence-electron chi connectivity index (χ3n) is 6.61. The Morgan fingerprint density at radius 3 is 2.04 bits per heavy atom. The molecule has 8 heteroatoms. The Kier molecular flexibility index (Phi) is 3.16. The summed E-state index contributed by atoms with van der Waals surface area (Å²) in [4.78, 5) is 0. The second kappa shape index (κ2) is 4.19. The number of alkyl halides is 5. The molecule has 3 rings (SSSR count). The summed E-state index contributed by atoms with van der Waals surface area (Å²) >= 11 is 0. The molecule has 3 nitrogen and oxygen atoms in total. The van der Waals surface area contributed by atoms with Gasteiger partial charge in [-0.25, -0.2) is 0 Å². The zero-order valence-corrected chi connectivity index (χ0v) is 13.3. The van der Waals surface area contributed by atoms with Gasteiger partial charge < -0.3 is 14.9 Å². The van der Waals surface area contributed by atoms with Gasteiger partial charge in [0, 0.05) is 5.92 Å². The van der Waals surface area contributed by atoms with Crippen LogP contribution in [0.4, 0.5) is 22.0 Å². The Hall–Kier alpha value is -0.470. The zero-order chi connectivity index (χ0) is 17.8. The van der Waals surface area contributed by atoms with Gasteiger partial charge >= 0.3 is 17.9 Å². The molecule has 2 saturated carbocycles. The molecule has 2 aliphatic carbocycles. The van der Waals surface area contributed by atoms with E-state index >= 15 is 0 Å². The molecule has 1 aliphatic heterocycles. The van der Waals surface area contributed by atoms with E-state index in [9.17, 15) is 32.2 Å². The van der Waals surface area contributed by atoms with Crippen LogP contribution in [0.1, 0.15) is 34.1 Å². The number of ether oxygens (including phenoxy) is 1. The molecule has 7 unspecified atom stereocenters. The number of aliphatic hydroxyl groups is 2. The van der Waals surface area contributed by atoms with Crippen molar-refractivity contribution in [3.8, 4) is 0 Å². The van der Waals surface area contributed by atoms with Crippen LogP contribution < -0.4 is 0 Å². The normalized spacial score (nSPS) is 54.1. The summed E-state index contributed by atoms with van der Waals surface area (Å²) in [6, 6.07) is 0. The average Bonchev–Trinajstić information content (AvgIpc) is 2.82. The molecule has 134 valence electrons. The standard InChI is InChI=1S/C15H21F5O3/c1-6-7(2)9-5-8(6)10-11(3,4)23-14(22,15(18,19)20)13(16,17)12(9,10)21/h6-10,21-22H,5H2,1-4H3. The van der Waals surface area contributed by atoms with Crippen LogP contribution in [0.3, 0.4) is 0 Å². The average molecular weight is 344 g/mol. The summed E-state index contributed by atoms with van der Waals surface area (Å²) in [5.74, 6) is -12.5. The van der Waals surface area contributed by atoms with Crippen molar-refractivity contribution in [3.63, 3.8) is 0 Å². The highest BCUT2D eigenvalue weighted by Crippen LogP contribution is 2.72. The lowest BCUT2D eigenvalue weighted by atomic mass is 9.57. The van der Waals surface area contributed by atoms with Crippen molar-refractivity contribution < 1.29 is 36.9 Å². The first-order valence-electron chi connectivity index (χ1n) is 7.72. The highest BCUT2D eigenvalue weighted by atomic mass is 19.4. The topological polar surface area (TPSA) is 49.7 Å². The van der Waals surface area contributed by atoms with Crippen molar-refractivity contribution >= 4 is 0 Å². The van der Waals surface area contributed by atoms with Crippen LogP contribution in [-0.4, -0.2) is 39.3 Å².